The van der Waals surface area contributed by atoms with Gasteiger partial charge < -0.3 is 10.1 Å². The zero-order valence-electron chi connectivity index (χ0n) is 11.9. The maximum Gasteiger partial charge on any atom is 0.132 e. The summed E-state index contributed by atoms with van der Waals surface area (Å²) in [4.78, 5) is 5.58. The predicted molar refractivity (Wildman–Crippen MR) is 83.4 cm³/mol. The minimum Gasteiger partial charge on any atom is -0.496 e. The van der Waals surface area contributed by atoms with Crippen molar-refractivity contribution in [2.75, 3.05) is 13.7 Å². The lowest BCUT2D eigenvalue weighted by molar-refractivity contribution is 0.405. The van der Waals surface area contributed by atoms with E-state index in [9.17, 15) is 0 Å². The fraction of sp³-hybridized carbons (Fsp3) is 0.312. The van der Waals surface area contributed by atoms with Gasteiger partial charge in [0.25, 0.3) is 0 Å². The lowest BCUT2D eigenvalue weighted by Gasteiger charge is -2.08. The molecule has 0 aliphatic carbocycles. The first kappa shape index (κ1) is 14.9. The van der Waals surface area contributed by atoms with Gasteiger partial charge >= 0.3 is 0 Å². The summed E-state index contributed by atoms with van der Waals surface area (Å²) in [6, 6.07) is 12.2. The highest BCUT2D eigenvalue weighted by atomic mass is 32.2. The average Bonchev–Trinajstić information content (AvgIpc) is 2.50. The minimum atomic E-state index is 0.875. The van der Waals surface area contributed by atoms with Gasteiger partial charge in [0, 0.05) is 12.7 Å². The Hall–Kier alpha value is -1.52. The van der Waals surface area contributed by atoms with Gasteiger partial charge in [-0.05, 0) is 36.7 Å². The van der Waals surface area contributed by atoms with E-state index in [1.165, 1.54) is 5.56 Å². The lowest BCUT2D eigenvalue weighted by atomic mass is 10.3. The molecule has 1 heterocycles. The van der Waals surface area contributed by atoms with Crippen molar-refractivity contribution in [2.24, 2.45) is 0 Å². The van der Waals surface area contributed by atoms with Crippen molar-refractivity contribution in [3.8, 4) is 5.75 Å². The van der Waals surface area contributed by atoms with E-state index in [-0.39, 0.29) is 0 Å². The number of para-hydroxylation sites is 1. The third kappa shape index (κ3) is 4.25. The van der Waals surface area contributed by atoms with Gasteiger partial charge in [0.05, 0.1) is 12.0 Å². The van der Waals surface area contributed by atoms with Crippen LogP contribution in [0.25, 0.3) is 0 Å². The zero-order chi connectivity index (χ0) is 14.2. The molecule has 1 aromatic carbocycles. The van der Waals surface area contributed by atoms with Gasteiger partial charge in [-0.2, -0.15) is 0 Å². The molecule has 0 bridgehead atoms. The average molecular weight is 288 g/mol. The number of benzene rings is 1. The summed E-state index contributed by atoms with van der Waals surface area (Å²) in [7, 11) is 1.69. The summed E-state index contributed by atoms with van der Waals surface area (Å²) in [5.41, 5.74) is 1.21. The molecule has 2 rings (SSSR count). The Labute approximate surface area is 124 Å². The zero-order valence-corrected chi connectivity index (χ0v) is 12.7. The van der Waals surface area contributed by atoms with Gasteiger partial charge in [0.1, 0.15) is 10.8 Å². The first-order chi connectivity index (χ1) is 9.83. The number of nitrogens with one attached hydrogen (secondary N) is 1. The quantitative estimate of drug-likeness (QED) is 0.787. The first-order valence-electron chi connectivity index (χ1n) is 6.80. The van der Waals surface area contributed by atoms with Crippen molar-refractivity contribution in [2.45, 2.75) is 29.8 Å². The van der Waals surface area contributed by atoms with E-state index in [2.05, 4.69) is 29.4 Å². The Bertz CT molecular complexity index is 528. The maximum absolute atomic E-state index is 5.35. The van der Waals surface area contributed by atoms with E-state index >= 15 is 0 Å². The van der Waals surface area contributed by atoms with Gasteiger partial charge in [0.2, 0.25) is 0 Å². The molecular formula is C16H20N2OS. The molecule has 0 saturated heterocycles. The smallest absolute Gasteiger partial charge is 0.132 e. The highest BCUT2D eigenvalue weighted by Gasteiger charge is 2.05. The van der Waals surface area contributed by atoms with Crippen LogP contribution in [0.5, 0.6) is 5.75 Å². The van der Waals surface area contributed by atoms with E-state index in [4.69, 9.17) is 4.74 Å². The molecule has 1 N–H and O–H groups in total. The third-order valence-corrected chi connectivity index (χ3v) is 3.84. The molecule has 0 amide bonds. The molecule has 3 nitrogen and oxygen atoms in total. The van der Waals surface area contributed by atoms with Crippen LogP contribution in [0.15, 0.2) is 52.5 Å². The van der Waals surface area contributed by atoms with Crippen molar-refractivity contribution in [1.82, 2.24) is 10.3 Å². The Morgan fingerprint density at radius 3 is 2.75 bits per heavy atom. The van der Waals surface area contributed by atoms with Crippen LogP contribution in [0, 0.1) is 0 Å². The Morgan fingerprint density at radius 1 is 1.20 bits per heavy atom. The first-order valence-corrected chi connectivity index (χ1v) is 7.61. The van der Waals surface area contributed by atoms with Gasteiger partial charge in [-0.1, -0.05) is 36.9 Å². The molecular weight excluding hydrogens is 268 g/mol. The van der Waals surface area contributed by atoms with E-state index in [1.54, 1.807) is 18.9 Å². The summed E-state index contributed by atoms with van der Waals surface area (Å²) in [5, 5.41) is 4.35. The summed E-state index contributed by atoms with van der Waals surface area (Å²) < 4.78 is 5.35. The van der Waals surface area contributed by atoms with Crippen molar-refractivity contribution in [3.63, 3.8) is 0 Å². The van der Waals surface area contributed by atoms with Crippen LogP contribution in [0.2, 0.25) is 0 Å². The van der Waals surface area contributed by atoms with Gasteiger partial charge in [-0.15, -0.1) is 0 Å². The Kier molecular flexibility index (Phi) is 5.89. The molecule has 20 heavy (non-hydrogen) atoms. The van der Waals surface area contributed by atoms with Gasteiger partial charge in [-0.25, -0.2) is 4.98 Å². The van der Waals surface area contributed by atoms with Crippen LogP contribution in [0.3, 0.4) is 0 Å². The molecule has 1 aromatic heterocycles. The van der Waals surface area contributed by atoms with Crippen LogP contribution in [-0.2, 0) is 6.54 Å². The van der Waals surface area contributed by atoms with Crippen molar-refractivity contribution < 1.29 is 4.74 Å². The molecule has 0 aliphatic rings. The van der Waals surface area contributed by atoms with Crippen LogP contribution in [-0.4, -0.2) is 18.6 Å². The number of pyridine rings is 1. The second-order valence-corrected chi connectivity index (χ2v) is 5.50. The molecule has 0 radical (unpaired) electrons. The van der Waals surface area contributed by atoms with Crippen LogP contribution < -0.4 is 10.1 Å². The lowest BCUT2D eigenvalue weighted by Crippen LogP contribution is -2.13. The van der Waals surface area contributed by atoms with Crippen molar-refractivity contribution >= 4 is 11.8 Å². The summed E-state index contributed by atoms with van der Waals surface area (Å²) >= 11 is 1.62. The molecule has 0 saturated carbocycles. The number of ether oxygens (including phenoxy) is 1. The molecule has 0 spiro atoms. The number of hydrogen-bond acceptors (Lipinski definition) is 4. The van der Waals surface area contributed by atoms with E-state index in [0.717, 1.165) is 35.2 Å². The molecule has 0 aliphatic heterocycles. The SMILES string of the molecule is CCCNCc1ccc(Sc2ccccc2OC)nc1. The fourth-order valence-corrected chi connectivity index (χ4v) is 2.67. The highest BCUT2D eigenvalue weighted by Crippen LogP contribution is 2.33. The number of hydrogen-bond donors (Lipinski definition) is 1. The predicted octanol–water partition coefficient (Wildman–Crippen LogP) is 3.74. The fourth-order valence-electron chi connectivity index (χ4n) is 1.80. The summed E-state index contributed by atoms with van der Waals surface area (Å²) in [6.45, 7) is 4.08. The topological polar surface area (TPSA) is 34.1 Å². The minimum absolute atomic E-state index is 0.875. The Morgan fingerprint density at radius 2 is 2.05 bits per heavy atom. The molecule has 0 fully saturated rings. The number of rotatable bonds is 7. The molecule has 2 aromatic rings. The van der Waals surface area contributed by atoms with Gasteiger partial charge in [-0.3, -0.25) is 0 Å². The number of aromatic nitrogens is 1. The number of methoxy groups -OCH3 is 1. The van der Waals surface area contributed by atoms with Crippen LogP contribution in [0.4, 0.5) is 0 Å². The van der Waals surface area contributed by atoms with Crippen LogP contribution >= 0.6 is 11.8 Å². The Balaban J connectivity index is 1.99. The maximum atomic E-state index is 5.35. The van der Waals surface area contributed by atoms with E-state index in [1.807, 2.05) is 30.5 Å². The molecule has 0 atom stereocenters. The largest absolute Gasteiger partial charge is 0.496 e. The summed E-state index contributed by atoms with van der Waals surface area (Å²) in [6.07, 6.45) is 3.08. The molecule has 106 valence electrons. The summed E-state index contributed by atoms with van der Waals surface area (Å²) in [5.74, 6) is 0.882. The molecule has 4 heteroatoms. The van der Waals surface area contributed by atoms with Crippen molar-refractivity contribution in [3.05, 3.63) is 48.2 Å². The normalized spacial score (nSPS) is 10.5. The number of nitrogens with zero attached hydrogens (tertiary/aromatic N) is 1. The second kappa shape index (κ2) is 7.92. The highest BCUT2D eigenvalue weighted by molar-refractivity contribution is 7.99. The van der Waals surface area contributed by atoms with Crippen LogP contribution in [0.1, 0.15) is 18.9 Å². The second-order valence-electron chi connectivity index (χ2n) is 4.43. The van der Waals surface area contributed by atoms with E-state index in [0.29, 0.717) is 0 Å². The third-order valence-electron chi connectivity index (χ3n) is 2.84. The van der Waals surface area contributed by atoms with Gasteiger partial charge in [0.15, 0.2) is 0 Å². The van der Waals surface area contributed by atoms with E-state index < -0.39 is 0 Å². The standard InChI is InChI=1S/C16H20N2OS/c1-3-10-17-11-13-8-9-16(18-12-13)20-15-7-5-4-6-14(15)19-2/h4-9,12,17H,3,10-11H2,1-2H3. The van der Waals surface area contributed by atoms with Crippen molar-refractivity contribution in [1.29, 1.82) is 0 Å². The monoisotopic (exact) mass is 288 g/mol. The molecule has 0 unspecified atom stereocenters.